The molecule has 0 unspecified atom stereocenters. The molecule has 122 valence electrons. The van der Waals surface area contributed by atoms with Gasteiger partial charge in [0.15, 0.2) is 5.11 Å². The Hall–Kier alpha value is -1.17. The molecule has 1 aromatic rings. The van der Waals surface area contributed by atoms with Crippen LogP contribution in [0.1, 0.15) is 18.9 Å². The number of benzene rings is 1. The molecule has 0 aliphatic carbocycles. The molecule has 1 saturated heterocycles. The van der Waals surface area contributed by atoms with E-state index >= 15 is 0 Å². The Bertz CT molecular complexity index is 452. The Labute approximate surface area is 139 Å². The molecule has 1 aliphatic rings. The molecule has 0 bridgehead atoms. The molecule has 0 spiro atoms. The molecule has 22 heavy (non-hydrogen) atoms. The lowest BCUT2D eigenvalue weighted by molar-refractivity contribution is -1.00. The molecule has 0 aromatic heterocycles. The molecule has 1 fully saturated rings. The fourth-order valence-corrected chi connectivity index (χ4v) is 3.04. The molecular weight excluding hydrogens is 292 g/mol. The van der Waals surface area contributed by atoms with E-state index in [0.29, 0.717) is 0 Å². The summed E-state index contributed by atoms with van der Waals surface area (Å²) >= 11 is 5.35. The molecular formula is C17H30N4S+2. The Morgan fingerprint density at radius 3 is 2.45 bits per heavy atom. The van der Waals surface area contributed by atoms with E-state index in [1.165, 1.54) is 44.7 Å². The normalized spacial score (nSPS) is 21.4. The van der Waals surface area contributed by atoms with Crippen LogP contribution >= 0.6 is 12.2 Å². The summed E-state index contributed by atoms with van der Waals surface area (Å²) in [6, 6.07) is 8.46. The van der Waals surface area contributed by atoms with Crippen molar-refractivity contribution in [2.24, 2.45) is 0 Å². The first-order valence-electron chi connectivity index (χ1n) is 8.46. The predicted octanol–water partition coefficient (Wildman–Crippen LogP) is -0.661. The number of nitrogens with one attached hydrogen (secondary N) is 4. The number of quaternary nitrogens is 2. The van der Waals surface area contributed by atoms with Crippen molar-refractivity contribution in [1.29, 1.82) is 0 Å². The average molecular weight is 323 g/mol. The van der Waals surface area contributed by atoms with Crippen molar-refractivity contribution in [1.82, 2.24) is 5.32 Å². The molecule has 5 heteroatoms. The maximum Gasteiger partial charge on any atom is 0.170 e. The zero-order valence-corrected chi connectivity index (χ0v) is 14.7. The summed E-state index contributed by atoms with van der Waals surface area (Å²) in [5.41, 5.74) is 2.41. The van der Waals surface area contributed by atoms with Crippen molar-refractivity contribution in [3.8, 4) is 0 Å². The van der Waals surface area contributed by atoms with Gasteiger partial charge in [0.1, 0.15) is 26.2 Å². The van der Waals surface area contributed by atoms with Gasteiger partial charge in [-0.15, -0.1) is 0 Å². The SMILES string of the molecule is CCc1ccc(NC(=S)NCCC[NH+]2CC[NH+](C)CC2)cc1. The summed E-state index contributed by atoms with van der Waals surface area (Å²) in [7, 11) is 2.29. The third-order valence-electron chi connectivity index (χ3n) is 4.42. The second-order valence-corrected chi connectivity index (χ2v) is 6.65. The van der Waals surface area contributed by atoms with E-state index in [2.05, 4.69) is 48.9 Å². The maximum absolute atomic E-state index is 5.35. The Kier molecular flexibility index (Phi) is 7.09. The highest BCUT2D eigenvalue weighted by atomic mass is 32.1. The first kappa shape index (κ1) is 17.2. The molecule has 4 N–H and O–H groups in total. The van der Waals surface area contributed by atoms with Crippen molar-refractivity contribution in [3.63, 3.8) is 0 Å². The lowest BCUT2D eigenvalue weighted by Gasteiger charge is -2.27. The third kappa shape index (κ3) is 5.91. The smallest absolute Gasteiger partial charge is 0.170 e. The van der Waals surface area contributed by atoms with E-state index in [4.69, 9.17) is 12.2 Å². The van der Waals surface area contributed by atoms with Crippen molar-refractivity contribution in [3.05, 3.63) is 29.8 Å². The first-order chi connectivity index (χ1) is 10.7. The summed E-state index contributed by atoms with van der Waals surface area (Å²) in [4.78, 5) is 3.41. The van der Waals surface area contributed by atoms with Crippen LogP contribution < -0.4 is 20.4 Å². The topological polar surface area (TPSA) is 32.9 Å². The number of thiocarbonyl (C=S) groups is 1. The second-order valence-electron chi connectivity index (χ2n) is 6.24. The van der Waals surface area contributed by atoms with Crippen LogP contribution in [0.25, 0.3) is 0 Å². The quantitative estimate of drug-likeness (QED) is 0.415. The summed E-state index contributed by atoms with van der Waals surface area (Å²) in [6.45, 7) is 9.57. The van der Waals surface area contributed by atoms with Crippen LogP contribution in [0.5, 0.6) is 0 Å². The van der Waals surface area contributed by atoms with Gasteiger partial charge in [-0.3, -0.25) is 0 Å². The minimum absolute atomic E-state index is 0.724. The molecule has 1 heterocycles. The number of likely N-dealkylation sites (N-methyl/N-ethyl adjacent to an activating group) is 1. The van der Waals surface area contributed by atoms with Gasteiger partial charge in [-0.05, 0) is 36.3 Å². The molecule has 4 nitrogen and oxygen atoms in total. The molecule has 0 amide bonds. The number of anilines is 1. The monoisotopic (exact) mass is 322 g/mol. The second kappa shape index (κ2) is 9.08. The van der Waals surface area contributed by atoms with Crippen molar-refractivity contribution in [2.75, 3.05) is 51.6 Å². The number of hydrogen-bond acceptors (Lipinski definition) is 1. The standard InChI is InChI=1S/C17H28N4S/c1-3-15-5-7-16(8-6-15)19-17(22)18-9-4-10-21-13-11-20(2)12-14-21/h5-8H,3-4,9-14H2,1-2H3,(H2,18,19,22)/p+2. The van der Waals surface area contributed by atoms with E-state index in [1.807, 2.05) is 0 Å². The van der Waals surface area contributed by atoms with Crippen LogP contribution in [0, 0.1) is 0 Å². The molecule has 0 saturated carbocycles. The van der Waals surface area contributed by atoms with Gasteiger partial charge in [-0.1, -0.05) is 19.1 Å². The van der Waals surface area contributed by atoms with Gasteiger partial charge >= 0.3 is 0 Å². The van der Waals surface area contributed by atoms with Gasteiger partial charge in [0.25, 0.3) is 0 Å². The zero-order valence-electron chi connectivity index (χ0n) is 13.9. The van der Waals surface area contributed by atoms with Gasteiger partial charge in [-0.2, -0.15) is 0 Å². The van der Waals surface area contributed by atoms with Crippen LogP contribution in [0.4, 0.5) is 5.69 Å². The van der Waals surface area contributed by atoms with Crippen molar-refractivity contribution in [2.45, 2.75) is 19.8 Å². The van der Waals surface area contributed by atoms with Crippen LogP contribution in [0.2, 0.25) is 0 Å². The highest BCUT2D eigenvalue weighted by molar-refractivity contribution is 7.80. The van der Waals surface area contributed by atoms with Gasteiger partial charge in [0.2, 0.25) is 0 Å². The largest absolute Gasteiger partial charge is 0.362 e. The van der Waals surface area contributed by atoms with Gasteiger partial charge < -0.3 is 20.4 Å². The van der Waals surface area contributed by atoms with E-state index in [0.717, 1.165) is 23.8 Å². The van der Waals surface area contributed by atoms with Crippen molar-refractivity contribution < 1.29 is 9.80 Å². The van der Waals surface area contributed by atoms with E-state index in [9.17, 15) is 0 Å². The van der Waals surface area contributed by atoms with Gasteiger partial charge in [0.05, 0.1) is 13.6 Å². The van der Waals surface area contributed by atoms with Gasteiger partial charge in [-0.25, -0.2) is 0 Å². The van der Waals surface area contributed by atoms with E-state index in [1.54, 1.807) is 9.80 Å². The number of piperazine rings is 1. The molecule has 0 radical (unpaired) electrons. The van der Waals surface area contributed by atoms with E-state index in [-0.39, 0.29) is 0 Å². The summed E-state index contributed by atoms with van der Waals surface area (Å²) in [5.74, 6) is 0. The fourth-order valence-electron chi connectivity index (χ4n) is 2.82. The highest BCUT2D eigenvalue weighted by Gasteiger charge is 2.18. The van der Waals surface area contributed by atoms with Crippen LogP contribution in [-0.2, 0) is 6.42 Å². The summed E-state index contributed by atoms with van der Waals surface area (Å²) in [5, 5.41) is 7.28. The molecule has 2 rings (SSSR count). The highest BCUT2D eigenvalue weighted by Crippen LogP contribution is 2.09. The Morgan fingerprint density at radius 2 is 1.82 bits per heavy atom. The summed E-state index contributed by atoms with van der Waals surface area (Å²) < 4.78 is 0. The van der Waals surface area contributed by atoms with Crippen molar-refractivity contribution >= 4 is 23.0 Å². The minimum Gasteiger partial charge on any atom is -0.362 e. The van der Waals surface area contributed by atoms with E-state index < -0.39 is 0 Å². The number of rotatable bonds is 6. The summed E-state index contributed by atoms with van der Waals surface area (Å²) in [6.07, 6.45) is 2.24. The predicted molar refractivity (Wildman–Crippen MR) is 96.8 cm³/mol. The number of hydrogen-bond donors (Lipinski definition) is 4. The minimum atomic E-state index is 0.724. The third-order valence-corrected chi connectivity index (χ3v) is 4.67. The average Bonchev–Trinajstić information content (AvgIpc) is 2.54. The Balaban J connectivity index is 1.59. The lowest BCUT2D eigenvalue weighted by Crippen LogP contribution is -3.27. The number of aryl methyl sites for hydroxylation is 1. The zero-order chi connectivity index (χ0) is 15.8. The van der Waals surface area contributed by atoms with Gasteiger partial charge in [0, 0.05) is 18.7 Å². The molecule has 0 atom stereocenters. The Morgan fingerprint density at radius 1 is 1.14 bits per heavy atom. The molecule has 1 aromatic carbocycles. The van der Waals surface area contributed by atoms with Crippen LogP contribution in [-0.4, -0.2) is 51.4 Å². The maximum atomic E-state index is 5.35. The van der Waals surface area contributed by atoms with Crippen LogP contribution in [0.15, 0.2) is 24.3 Å². The first-order valence-corrected chi connectivity index (χ1v) is 8.87. The lowest BCUT2D eigenvalue weighted by atomic mass is 10.1. The fraction of sp³-hybridized carbons (Fsp3) is 0.588. The molecule has 1 aliphatic heterocycles. The van der Waals surface area contributed by atoms with Crippen LogP contribution in [0.3, 0.4) is 0 Å².